The minimum atomic E-state index is 0.468. The molecule has 0 aliphatic heterocycles. The molecular formula is C18H26N2. The first-order chi connectivity index (χ1) is 9.41. The number of anilines is 2. The van der Waals surface area contributed by atoms with Crippen LogP contribution in [0, 0.1) is 0 Å². The summed E-state index contributed by atoms with van der Waals surface area (Å²) in [5.41, 5.74) is 15.4. The maximum atomic E-state index is 5.74. The summed E-state index contributed by atoms with van der Waals surface area (Å²) in [5, 5.41) is 0. The van der Waals surface area contributed by atoms with E-state index in [0.29, 0.717) is 11.8 Å². The van der Waals surface area contributed by atoms with Gasteiger partial charge >= 0.3 is 0 Å². The van der Waals surface area contributed by atoms with Crippen molar-refractivity contribution in [2.45, 2.75) is 39.5 Å². The molecule has 2 aromatic carbocycles. The second-order valence-electron chi connectivity index (χ2n) is 5.61. The molecule has 0 aliphatic rings. The third-order valence-corrected chi connectivity index (χ3v) is 3.20. The van der Waals surface area contributed by atoms with Gasteiger partial charge in [0.25, 0.3) is 0 Å². The number of benzene rings is 2. The predicted octanol–water partition coefficient (Wildman–Crippen LogP) is 4.78. The highest BCUT2D eigenvalue weighted by molar-refractivity contribution is 5.57. The molecule has 0 unspecified atom stereocenters. The van der Waals surface area contributed by atoms with Gasteiger partial charge in [0.2, 0.25) is 0 Å². The Labute approximate surface area is 122 Å². The van der Waals surface area contributed by atoms with Gasteiger partial charge in [0.05, 0.1) is 0 Å². The lowest BCUT2D eigenvalue weighted by Gasteiger charge is -2.08. The fraction of sp³-hybridized carbons (Fsp3) is 0.333. The molecule has 0 saturated carbocycles. The summed E-state index contributed by atoms with van der Waals surface area (Å²) < 4.78 is 0. The van der Waals surface area contributed by atoms with E-state index in [1.165, 1.54) is 11.1 Å². The molecule has 2 rings (SSSR count). The Morgan fingerprint density at radius 3 is 1.75 bits per heavy atom. The van der Waals surface area contributed by atoms with Crippen molar-refractivity contribution in [2.75, 3.05) is 11.5 Å². The maximum Gasteiger partial charge on any atom is 0.0369 e. The van der Waals surface area contributed by atoms with E-state index in [0.717, 1.165) is 11.4 Å². The fourth-order valence-corrected chi connectivity index (χ4v) is 1.96. The average Bonchev–Trinajstić information content (AvgIpc) is 2.40. The van der Waals surface area contributed by atoms with E-state index in [-0.39, 0.29) is 0 Å². The highest BCUT2D eigenvalue weighted by atomic mass is 14.6. The zero-order chi connectivity index (χ0) is 15.1. The standard InChI is InChI=1S/C9H14N2.C9H12/c1-6(2)8-4-3-7(10)5-9(8)11;1-8(2)9-6-4-3-5-7-9/h3-6H,10-11H2,1-2H3;3-8H,1-2H3. The molecule has 20 heavy (non-hydrogen) atoms. The van der Waals surface area contributed by atoms with Crippen LogP contribution in [-0.2, 0) is 0 Å². The second kappa shape index (κ2) is 7.59. The molecule has 2 nitrogen and oxygen atoms in total. The van der Waals surface area contributed by atoms with E-state index in [2.05, 4.69) is 52.0 Å². The quantitative estimate of drug-likeness (QED) is 0.771. The summed E-state index contributed by atoms with van der Waals surface area (Å²) in [6.07, 6.45) is 0. The van der Waals surface area contributed by atoms with Crippen LogP contribution in [0.4, 0.5) is 11.4 Å². The first kappa shape index (κ1) is 16.1. The number of nitrogen functional groups attached to an aromatic ring is 2. The molecule has 0 amide bonds. The van der Waals surface area contributed by atoms with Crippen LogP contribution < -0.4 is 11.5 Å². The van der Waals surface area contributed by atoms with Crippen molar-refractivity contribution in [1.29, 1.82) is 0 Å². The number of hydrogen-bond acceptors (Lipinski definition) is 2. The second-order valence-corrected chi connectivity index (χ2v) is 5.61. The average molecular weight is 270 g/mol. The Morgan fingerprint density at radius 1 is 0.750 bits per heavy atom. The molecule has 0 fully saturated rings. The van der Waals surface area contributed by atoms with Crippen molar-refractivity contribution in [3.8, 4) is 0 Å². The van der Waals surface area contributed by atoms with Gasteiger partial charge in [-0.15, -0.1) is 0 Å². The zero-order valence-electron chi connectivity index (χ0n) is 12.9. The Hall–Kier alpha value is -1.96. The Balaban J connectivity index is 0.000000204. The van der Waals surface area contributed by atoms with E-state index >= 15 is 0 Å². The van der Waals surface area contributed by atoms with Gasteiger partial charge in [0.15, 0.2) is 0 Å². The lowest BCUT2D eigenvalue weighted by molar-refractivity contribution is 0.867. The highest BCUT2D eigenvalue weighted by Gasteiger charge is 2.02. The van der Waals surface area contributed by atoms with Gasteiger partial charge in [-0.1, -0.05) is 64.1 Å². The monoisotopic (exact) mass is 270 g/mol. The Kier molecular flexibility index (Phi) is 6.10. The van der Waals surface area contributed by atoms with Crippen LogP contribution >= 0.6 is 0 Å². The van der Waals surface area contributed by atoms with Crippen molar-refractivity contribution >= 4 is 11.4 Å². The van der Waals surface area contributed by atoms with Crippen molar-refractivity contribution in [3.63, 3.8) is 0 Å². The van der Waals surface area contributed by atoms with Gasteiger partial charge < -0.3 is 11.5 Å². The summed E-state index contributed by atoms with van der Waals surface area (Å²) >= 11 is 0. The van der Waals surface area contributed by atoms with E-state index in [4.69, 9.17) is 11.5 Å². The Morgan fingerprint density at radius 2 is 1.35 bits per heavy atom. The first-order valence-corrected chi connectivity index (χ1v) is 7.11. The van der Waals surface area contributed by atoms with Crippen LogP contribution in [0.15, 0.2) is 48.5 Å². The van der Waals surface area contributed by atoms with Gasteiger partial charge in [-0.25, -0.2) is 0 Å². The summed E-state index contributed by atoms with van der Waals surface area (Å²) in [6, 6.07) is 16.2. The highest BCUT2D eigenvalue weighted by Crippen LogP contribution is 2.23. The van der Waals surface area contributed by atoms with Gasteiger partial charge in [-0.2, -0.15) is 0 Å². The molecule has 108 valence electrons. The number of nitrogens with two attached hydrogens (primary N) is 2. The smallest absolute Gasteiger partial charge is 0.0369 e. The fourth-order valence-electron chi connectivity index (χ4n) is 1.96. The molecule has 0 aromatic heterocycles. The normalized spacial score (nSPS) is 10.3. The van der Waals surface area contributed by atoms with Crippen LogP contribution in [0.3, 0.4) is 0 Å². The third kappa shape index (κ3) is 4.96. The molecule has 0 radical (unpaired) electrons. The van der Waals surface area contributed by atoms with Crippen LogP contribution in [0.25, 0.3) is 0 Å². The maximum absolute atomic E-state index is 5.74. The molecule has 2 aromatic rings. The summed E-state index contributed by atoms with van der Waals surface area (Å²) in [5.74, 6) is 1.13. The lowest BCUT2D eigenvalue weighted by Crippen LogP contribution is -1.97. The van der Waals surface area contributed by atoms with Crippen molar-refractivity contribution in [2.24, 2.45) is 0 Å². The van der Waals surface area contributed by atoms with Crippen molar-refractivity contribution in [3.05, 3.63) is 59.7 Å². The molecule has 4 N–H and O–H groups in total. The molecular weight excluding hydrogens is 244 g/mol. The van der Waals surface area contributed by atoms with Gasteiger partial charge in [0, 0.05) is 11.4 Å². The first-order valence-electron chi connectivity index (χ1n) is 7.11. The SMILES string of the molecule is CC(C)c1ccc(N)cc1N.CC(C)c1ccccc1. The molecule has 0 atom stereocenters. The van der Waals surface area contributed by atoms with E-state index in [1.807, 2.05) is 18.2 Å². The predicted molar refractivity (Wildman–Crippen MR) is 89.9 cm³/mol. The van der Waals surface area contributed by atoms with E-state index in [9.17, 15) is 0 Å². The van der Waals surface area contributed by atoms with Crippen LogP contribution in [-0.4, -0.2) is 0 Å². The molecule has 0 spiro atoms. The summed E-state index contributed by atoms with van der Waals surface area (Å²) in [4.78, 5) is 0. The molecule has 0 heterocycles. The minimum absolute atomic E-state index is 0.468. The van der Waals surface area contributed by atoms with Crippen LogP contribution in [0.2, 0.25) is 0 Å². The number of rotatable bonds is 2. The van der Waals surface area contributed by atoms with Crippen LogP contribution in [0.5, 0.6) is 0 Å². The third-order valence-electron chi connectivity index (χ3n) is 3.20. The van der Waals surface area contributed by atoms with E-state index in [1.54, 1.807) is 6.07 Å². The largest absolute Gasteiger partial charge is 0.399 e. The summed E-state index contributed by atoms with van der Waals surface area (Å²) in [6.45, 7) is 8.63. The van der Waals surface area contributed by atoms with Gasteiger partial charge in [0.1, 0.15) is 0 Å². The van der Waals surface area contributed by atoms with Crippen molar-refractivity contribution < 1.29 is 0 Å². The van der Waals surface area contributed by atoms with Crippen molar-refractivity contribution in [1.82, 2.24) is 0 Å². The van der Waals surface area contributed by atoms with Crippen LogP contribution in [0.1, 0.15) is 50.7 Å². The van der Waals surface area contributed by atoms with Gasteiger partial charge in [-0.05, 0) is 35.1 Å². The molecule has 2 heteroatoms. The topological polar surface area (TPSA) is 52.0 Å². The molecule has 0 saturated heterocycles. The zero-order valence-corrected chi connectivity index (χ0v) is 12.9. The minimum Gasteiger partial charge on any atom is -0.399 e. The van der Waals surface area contributed by atoms with E-state index < -0.39 is 0 Å². The van der Waals surface area contributed by atoms with Gasteiger partial charge in [-0.3, -0.25) is 0 Å². The Bertz CT molecular complexity index is 516. The summed E-state index contributed by atoms with van der Waals surface area (Å²) in [7, 11) is 0. The molecule has 0 aliphatic carbocycles. The lowest BCUT2D eigenvalue weighted by atomic mass is 10.0. The molecule has 0 bridgehead atoms. The number of hydrogen-bond donors (Lipinski definition) is 2.